The monoisotopic (exact) mass is 435 g/mol. The van der Waals surface area contributed by atoms with Crippen molar-refractivity contribution in [1.82, 2.24) is 4.90 Å². The number of amides is 2. The predicted molar refractivity (Wildman–Crippen MR) is 110 cm³/mol. The number of halogens is 3. The fraction of sp³-hybridized carbons (Fsp3) is 0.333. The van der Waals surface area contributed by atoms with Gasteiger partial charge >= 0.3 is 6.18 Å². The van der Waals surface area contributed by atoms with E-state index in [9.17, 15) is 22.8 Å². The number of benzene rings is 2. The summed E-state index contributed by atoms with van der Waals surface area (Å²) in [6.45, 7) is 1.64. The summed E-state index contributed by atoms with van der Waals surface area (Å²) in [4.78, 5) is 31.2. The minimum Gasteiger partial charge on any atom is -0.368 e. The number of nitrogens with zero attached hydrogens (tertiary/aromatic N) is 3. The molecule has 0 saturated carbocycles. The summed E-state index contributed by atoms with van der Waals surface area (Å²) in [6.07, 6.45) is -4.39. The third-order valence-corrected chi connectivity index (χ3v) is 6.32. The Kier molecular flexibility index (Phi) is 5.64. The Hall–Kier alpha value is -2.68. The fourth-order valence-electron chi connectivity index (χ4n) is 3.66. The Morgan fingerprint density at radius 2 is 1.73 bits per heavy atom. The van der Waals surface area contributed by atoms with Crippen molar-refractivity contribution in [2.45, 2.75) is 11.1 Å². The lowest BCUT2D eigenvalue weighted by atomic mass is 10.1. The number of alkyl halides is 3. The Labute approximate surface area is 176 Å². The van der Waals surface area contributed by atoms with Crippen LogP contribution in [0.1, 0.15) is 5.56 Å². The minimum absolute atomic E-state index is 0.0278. The quantitative estimate of drug-likeness (QED) is 0.741. The summed E-state index contributed by atoms with van der Waals surface area (Å²) >= 11 is 1.46. The fourth-order valence-corrected chi connectivity index (χ4v) is 4.59. The van der Waals surface area contributed by atoms with Crippen molar-refractivity contribution in [3.8, 4) is 0 Å². The molecule has 0 aliphatic carbocycles. The van der Waals surface area contributed by atoms with Gasteiger partial charge < -0.3 is 14.7 Å². The molecule has 0 radical (unpaired) electrons. The highest BCUT2D eigenvalue weighted by Gasteiger charge is 2.32. The van der Waals surface area contributed by atoms with E-state index in [1.165, 1.54) is 22.7 Å². The zero-order valence-electron chi connectivity index (χ0n) is 16.1. The molecule has 2 heterocycles. The molecule has 0 N–H and O–H groups in total. The molecule has 0 bridgehead atoms. The molecule has 4 rings (SSSR count). The summed E-state index contributed by atoms with van der Waals surface area (Å²) in [5.74, 6) is 0.0385. The van der Waals surface area contributed by atoms with Gasteiger partial charge in [-0.1, -0.05) is 18.2 Å². The van der Waals surface area contributed by atoms with Crippen LogP contribution >= 0.6 is 11.8 Å². The van der Waals surface area contributed by atoms with Crippen LogP contribution in [-0.2, 0) is 15.8 Å². The largest absolute Gasteiger partial charge is 0.416 e. The highest BCUT2D eigenvalue weighted by molar-refractivity contribution is 8.00. The first-order chi connectivity index (χ1) is 14.3. The van der Waals surface area contributed by atoms with Gasteiger partial charge in [0.15, 0.2) is 0 Å². The lowest BCUT2D eigenvalue weighted by Crippen LogP contribution is -2.52. The van der Waals surface area contributed by atoms with E-state index in [1.807, 2.05) is 29.2 Å². The molecule has 0 unspecified atom stereocenters. The van der Waals surface area contributed by atoms with Crippen molar-refractivity contribution >= 4 is 35.0 Å². The summed E-state index contributed by atoms with van der Waals surface area (Å²) in [5, 5.41) is 0. The number of rotatable bonds is 3. The van der Waals surface area contributed by atoms with Gasteiger partial charge in [-0.2, -0.15) is 13.2 Å². The molecule has 1 fully saturated rings. The second-order valence-electron chi connectivity index (χ2n) is 7.15. The maximum atomic E-state index is 13.0. The number of thioether (sulfide) groups is 1. The molecule has 2 aromatic rings. The van der Waals surface area contributed by atoms with Gasteiger partial charge in [0.25, 0.3) is 0 Å². The van der Waals surface area contributed by atoms with Gasteiger partial charge in [-0.05, 0) is 30.3 Å². The Morgan fingerprint density at radius 1 is 1.00 bits per heavy atom. The molecule has 0 atom stereocenters. The molecule has 9 heteroatoms. The van der Waals surface area contributed by atoms with Gasteiger partial charge in [0.05, 0.1) is 17.0 Å². The van der Waals surface area contributed by atoms with Crippen LogP contribution in [0.4, 0.5) is 24.5 Å². The van der Waals surface area contributed by atoms with Crippen LogP contribution in [-0.4, -0.2) is 55.2 Å². The number of hydrogen-bond acceptors (Lipinski definition) is 4. The van der Waals surface area contributed by atoms with Crippen molar-refractivity contribution in [2.75, 3.05) is 48.3 Å². The lowest BCUT2D eigenvalue weighted by Gasteiger charge is -2.37. The van der Waals surface area contributed by atoms with E-state index in [-0.39, 0.29) is 18.4 Å². The molecule has 0 aromatic heterocycles. The van der Waals surface area contributed by atoms with Crippen molar-refractivity contribution in [3.05, 3.63) is 54.1 Å². The second kappa shape index (κ2) is 8.22. The number of para-hydroxylation sites is 1. The summed E-state index contributed by atoms with van der Waals surface area (Å²) in [5.41, 5.74) is 0.558. The van der Waals surface area contributed by atoms with Crippen LogP contribution in [0.25, 0.3) is 0 Å². The van der Waals surface area contributed by atoms with Crippen molar-refractivity contribution < 1.29 is 22.8 Å². The van der Waals surface area contributed by atoms with Gasteiger partial charge in [0, 0.05) is 36.8 Å². The molecule has 1 saturated heterocycles. The summed E-state index contributed by atoms with van der Waals surface area (Å²) < 4.78 is 38.9. The zero-order valence-corrected chi connectivity index (χ0v) is 16.9. The number of fused-ring (bicyclic) bond motifs is 1. The zero-order chi connectivity index (χ0) is 21.3. The third-order valence-electron chi connectivity index (χ3n) is 5.27. The van der Waals surface area contributed by atoms with Gasteiger partial charge in [-0.25, -0.2) is 0 Å². The first kappa shape index (κ1) is 20.6. The Balaban J connectivity index is 1.39. The molecule has 2 aliphatic rings. The van der Waals surface area contributed by atoms with E-state index >= 15 is 0 Å². The maximum Gasteiger partial charge on any atom is 0.416 e. The average molecular weight is 435 g/mol. The maximum absolute atomic E-state index is 13.0. The summed E-state index contributed by atoms with van der Waals surface area (Å²) in [6, 6.07) is 12.7. The van der Waals surface area contributed by atoms with Gasteiger partial charge in [-0.15, -0.1) is 11.8 Å². The van der Waals surface area contributed by atoms with Crippen LogP contribution in [0.5, 0.6) is 0 Å². The van der Waals surface area contributed by atoms with E-state index < -0.39 is 11.7 Å². The molecular weight excluding hydrogens is 415 g/mol. The van der Waals surface area contributed by atoms with Gasteiger partial charge in [0.2, 0.25) is 11.8 Å². The van der Waals surface area contributed by atoms with Gasteiger partial charge in [-0.3, -0.25) is 9.59 Å². The predicted octanol–water partition coefficient (Wildman–Crippen LogP) is 3.49. The standard InChI is InChI=1S/C21H20F3N3O2S/c22-21(23,24)15-4-3-5-16(12-15)25-8-10-26(11-9-25)19(28)13-27-17-6-1-2-7-18(17)30-14-20(27)29/h1-7,12H,8-11,13-14H2. The summed E-state index contributed by atoms with van der Waals surface area (Å²) in [7, 11) is 0. The number of piperazine rings is 1. The first-order valence-electron chi connectivity index (χ1n) is 9.55. The molecule has 2 aromatic carbocycles. The second-order valence-corrected chi connectivity index (χ2v) is 8.17. The van der Waals surface area contributed by atoms with E-state index in [0.717, 1.165) is 22.7 Å². The Bertz CT molecular complexity index is 959. The number of carbonyl (C=O) groups excluding carboxylic acids is 2. The minimum atomic E-state index is -4.39. The number of anilines is 2. The number of hydrogen-bond donors (Lipinski definition) is 0. The highest BCUT2D eigenvalue weighted by atomic mass is 32.2. The van der Waals surface area contributed by atoms with Crippen LogP contribution in [0.2, 0.25) is 0 Å². The highest BCUT2D eigenvalue weighted by Crippen LogP contribution is 2.35. The molecule has 30 heavy (non-hydrogen) atoms. The van der Waals surface area contributed by atoms with Gasteiger partial charge in [0.1, 0.15) is 6.54 Å². The van der Waals surface area contributed by atoms with Crippen molar-refractivity contribution in [2.24, 2.45) is 0 Å². The van der Waals surface area contributed by atoms with E-state index in [4.69, 9.17) is 0 Å². The molecule has 2 aliphatic heterocycles. The number of carbonyl (C=O) groups is 2. The van der Waals surface area contributed by atoms with Crippen LogP contribution in [0.3, 0.4) is 0 Å². The van der Waals surface area contributed by atoms with Crippen molar-refractivity contribution in [1.29, 1.82) is 0 Å². The van der Waals surface area contributed by atoms with Crippen LogP contribution in [0.15, 0.2) is 53.4 Å². The first-order valence-corrected chi connectivity index (χ1v) is 10.5. The third kappa shape index (κ3) is 4.26. The molecule has 158 valence electrons. The van der Waals surface area contributed by atoms with Crippen LogP contribution < -0.4 is 9.80 Å². The molecule has 2 amide bonds. The molecule has 0 spiro atoms. The smallest absolute Gasteiger partial charge is 0.368 e. The topological polar surface area (TPSA) is 43.9 Å². The van der Waals surface area contributed by atoms with Crippen molar-refractivity contribution in [3.63, 3.8) is 0 Å². The SMILES string of the molecule is O=C(CN1C(=O)CSc2ccccc21)N1CCN(c2cccc(C(F)(F)F)c2)CC1. The van der Waals surface area contributed by atoms with E-state index in [1.54, 1.807) is 11.0 Å². The van der Waals surface area contributed by atoms with Crippen LogP contribution in [0, 0.1) is 0 Å². The molecular formula is C21H20F3N3O2S. The average Bonchev–Trinajstić information content (AvgIpc) is 2.75. The lowest BCUT2D eigenvalue weighted by molar-refractivity contribution is -0.137. The van der Waals surface area contributed by atoms with E-state index in [0.29, 0.717) is 37.6 Å². The Morgan fingerprint density at radius 3 is 2.47 bits per heavy atom. The normalized spacial score (nSPS) is 17.2. The van der Waals surface area contributed by atoms with E-state index in [2.05, 4.69) is 0 Å². The molecule has 5 nitrogen and oxygen atoms in total.